The molecule has 0 spiro atoms. The van der Waals surface area contributed by atoms with Gasteiger partial charge in [-0.3, -0.25) is 14.4 Å². The van der Waals surface area contributed by atoms with Gasteiger partial charge in [0.2, 0.25) is 0 Å². The Morgan fingerprint density at radius 2 is 0.467 bits per heavy atom. The highest BCUT2D eigenvalue weighted by molar-refractivity contribution is 5.71. The molecule has 0 aromatic rings. The van der Waals surface area contributed by atoms with Crippen molar-refractivity contribution in [2.75, 3.05) is 13.2 Å². The number of rotatable bonds is 64. The zero-order valence-corrected chi connectivity index (χ0v) is 51.1. The highest BCUT2D eigenvalue weighted by atomic mass is 16.6. The summed E-state index contributed by atoms with van der Waals surface area (Å²) in [5.41, 5.74) is 0. The zero-order valence-electron chi connectivity index (χ0n) is 51.1. The molecular formula is C69H132O6. The molecule has 75 heavy (non-hydrogen) atoms. The zero-order chi connectivity index (χ0) is 54.3. The predicted molar refractivity (Wildman–Crippen MR) is 326 cm³/mol. The molecular weight excluding hydrogens is 925 g/mol. The van der Waals surface area contributed by atoms with E-state index in [1.807, 2.05) is 0 Å². The number of carbonyl (C=O) groups excluding carboxylic acids is 3. The van der Waals surface area contributed by atoms with Gasteiger partial charge < -0.3 is 14.2 Å². The number of esters is 3. The van der Waals surface area contributed by atoms with Crippen molar-refractivity contribution in [3.05, 3.63) is 12.2 Å². The van der Waals surface area contributed by atoms with Crippen molar-refractivity contribution >= 4 is 17.9 Å². The fourth-order valence-electron chi connectivity index (χ4n) is 10.6. The number of allylic oxidation sites excluding steroid dienone is 2. The average Bonchev–Trinajstić information content (AvgIpc) is 3.41. The summed E-state index contributed by atoms with van der Waals surface area (Å²) in [4.78, 5) is 38.1. The fourth-order valence-corrected chi connectivity index (χ4v) is 10.6. The number of carbonyl (C=O) groups is 3. The molecule has 0 heterocycles. The van der Waals surface area contributed by atoms with Gasteiger partial charge in [-0.15, -0.1) is 0 Å². The van der Waals surface area contributed by atoms with Crippen LogP contribution in [0.25, 0.3) is 0 Å². The molecule has 0 saturated carbocycles. The fraction of sp³-hybridized carbons (Fsp3) is 0.928. The van der Waals surface area contributed by atoms with E-state index in [0.717, 1.165) is 70.6 Å². The highest BCUT2D eigenvalue weighted by Crippen LogP contribution is 2.19. The van der Waals surface area contributed by atoms with E-state index >= 15 is 0 Å². The first-order valence-corrected chi connectivity index (χ1v) is 34.2. The molecule has 0 saturated heterocycles. The van der Waals surface area contributed by atoms with Crippen LogP contribution in [0.4, 0.5) is 0 Å². The standard InChI is InChI=1S/C69H132O6/c1-4-7-10-13-16-19-22-24-25-26-27-28-29-30-31-32-33-34-35-36-37-38-39-40-41-42-43-44-45-46-48-50-53-56-59-62-68(71)74-65-66(64-73-67(70)61-58-55-52-49-21-18-15-12-9-6-3)75-69(72)63-60-57-54-51-47-23-20-17-14-11-8-5-2/h12,15,66H,4-11,13-14,16-65H2,1-3H3/b15-12-. The molecule has 0 aromatic carbocycles. The van der Waals surface area contributed by atoms with E-state index in [0.29, 0.717) is 19.3 Å². The SMILES string of the molecule is CCC/C=C\CCCCCCCC(=O)OCC(COC(=O)CCCCCCCCCCCCCCCCCCCCCCCCCCCCCCCCCCCCC)OC(=O)CCCCCCCCCCCCCC. The molecule has 6 nitrogen and oxygen atoms in total. The number of hydrogen-bond donors (Lipinski definition) is 0. The van der Waals surface area contributed by atoms with Crippen LogP contribution >= 0.6 is 0 Å². The molecule has 6 heteroatoms. The molecule has 0 bridgehead atoms. The molecule has 0 aliphatic heterocycles. The minimum Gasteiger partial charge on any atom is -0.462 e. The lowest BCUT2D eigenvalue weighted by Gasteiger charge is -2.18. The molecule has 0 N–H and O–H groups in total. The summed E-state index contributed by atoms with van der Waals surface area (Å²) in [7, 11) is 0. The summed E-state index contributed by atoms with van der Waals surface area (Å²) in [6.45, 7) is 6.63. The Balaban J connectivity index is 3.90. The molecule has 0 aliphatic rings. The van der Waals surface area contributed by atoms with E-state index in [1.165, 1.54) is 283 Å². The number of ether oxygens (including phenoxy) is 3. The third kappa shape index (κ3) is 62.9. The summed E-state index contributed by atoms with van der Waals surface area (Å²) < 4.78 is 16.9. The predicted octanol–water partition coefficient (Wildman–Crippen LogP) is 23.2. The minimum absolute atomic E-state index is 0.0668. The molecule has 0 fully saturated rings. The maximum Gasteiger partial charge on any atom is 0.306 e. The minimum atomic E-state index is -0.767. The topological polar surface area (TPSA) is 78.9 Å². The van der Waals surface area contributed by atoms with Crippen molar-refractivity contribution in [2.45, 2.75) is 399 Å². The van der Waals surface area contributed by atoms with E-state index in [9.17, 15) is 14.4 Å². The maximum atomic E-state index is 12.8. The second kappa shape index (κ2) is 64.7. The average molecular weight is 1060 g/mol. The molecule has 0 rings (SSSR count). The van der Waals surface area contributed by atoms with E-state index in [2.05, 4.69) is 32.9 Å². The molecule has 0 radical (unpaired) electrons. The van der Waals surface area contributed by atoms with Crippen LogP contribution in [-0.4, -0.2) is 37.2 Å². The van der Waals surface area contributed by atoms with Gasteiger partial charge in [-0.25, -0.2) is 0 Å². The monoisotopic (exact) mass is 1060 g/mol. The van der Waals surface area contributed by atoms with Crippen molar-refractivity contribution in [1.29, 1.82) is 0 Å². The maximum absolute atomic E-state index is 12.8. The quantitative estimate of drug-likeness (QED) is 0.0261. The van der Waals surface area contributed by atoms with Gasteiger partial charge in [-0.1, -0.05) is 348 Å². The molecule has 0 amide bonds. The first-order chi connectivity index (χ1) is 37.0. The Kier molecular flexibility index (Phi) is 63.1. The van der Waals surface area contributed by atoms with Crippen LogP contribution in [0.15, 0.2) is 12.2 Å². The van der Waals surface area contributed by atoms with Gasteiger partial charge in [-0.05, 0) is 38.5 Å². The molecule has 1 atom stereocenters. The van der Waals surface area contributed by atoms with E-state index < -0.39 is 6.10 Å². The summed E-state index contributed by atoms with van der Waals surface area (Å²) in [5, 5.41) is 0. The molecule has 0 aromatic heterocycles. The Morgan fingerprint density at radius 1 is 0.253 bits per heavy atom. The second-order valence-corrected chi connectivity index (χ2v) is 23.5. The van der Waals surface area contributed by atoms with Crippen molar-refractivity contribution in [3.8, 4) is 0 Å². The highest BCUT2D eigenvalue weighted by Gasteiger charge is 2.19. The summed E-state index contributed by atoms with van der Waals surface area (Å²) in [6, 6.07) is 0. The van der Waals surface area contributed by atoms with Crippen molar-refractivity contribution in [1.82, 2.24) is 0 Å². The first kappa shape index (κ1) is 73.2. The third-order valence-electron chi connectivity index (χ3n) is 15.8. The number of hydrogen-bond acceptors (Lipinski definition) is 6. The van der Waals surface area contributed by atoms with E-state index in [4.69, 9.17) is 14.2 Å². The molecule has 0 aliphatic carbocycles. The lowest BCUT2D eigenvalue weighted by Crippen LogP contribution is -2.30. The Morgan fingerprint density at radius 3 is 0.720 bits per heavy atom. The van der Waals surface area contributed by atoms with Crippen LogP contribution in [-0.2, 0) is 28.6 Å². The second-order valence-electron chi connectivity index (χ2n) is 23.5. The lowest BCUT2D eigenvalue weighted by molar-refractivity contribution is -0.167. The third-order valence-corrected chi connectivity index (χ3v) is 15.8. The summed E-state index contributed by atoms with van der Waals surface area (Å²) in [5.74, 6) is -0.854. The van der Waals surface area contributed by atoms with Crippen LogP contribution < -0.4 is 0 Å². The smallest absolute Gasteiger partial charge is 0.306 e. The Hall–Kier alpha value is -1.85. The van der Waals surface area contributed by atoms with Gasteiger partial charge >= 0.3 is 17.9 Å². The van der Waals surface area contributed by atoms with Gasteiger partial charge in [0.1, 0.15) is 13.2 Å². The van der Waals surface area contributed by atoms with Crippen molar-refractivity contribution in [2.24, 2.45) is 0 Å². The lowest BCUT2D eigenvalue weighted by atomic mass is 10.0. The van der Waals surface area contributed by atoms with E-state index in [-0.39, 0.29) is 31.1 Å². The first-order valence-electron chi connectivity index (χ1n) is 34.2. The van der Waals surface area contributed by atoms with Gasteiger partial charge in [-0.2, -0.15) is 0 Å². The van der Waals surface area contributed by atoms with Gasteiger partial charge in [0.05, 0.1) is 0 Å². The largest absolute Gasteiger partial charge is 0.462 e. The number of unbranched alkanes of at least 4 members (excludes halogenated alkanes) is 51. The summed E-state index contributed by atoms with van der Waals surface area (Å²) in [6.07, 6.45) is 77.1. The van der Waals surface area contributed by atoms with E-state index in [1.54, 1.807) is 0 Å². The van der Waals surface area contributed by atoms with Crippen molar-refractivity contribution < 1.29 is 28.6 Å². The Labute approximate surface area is 469 Å². The van der Waals surface area contributed by atoms with Crippen LogP contribution in [0.2, 0.25) is 0 Å². The van der Waals surface area contributed by atoms with Crippen LogP contribution in [0.3, 0.4) is 0 Å². The van der Waals surface area contributed by atoms with Crippen molar-refractivity contribution in [3.63, 3.8) is 0 Å². The Bertz CT molecular complexity index is 1170. The normalized spacial score (nSPS) is 12.0. The van der Waals surface area contributed by atoms with Gasteiger partial charge in [0.15, 0.2) is 6.10 Å². The summed E-state index contributed by atoms with van der Waals surface area (Å²) >= 11 is 0. The van der Waals surface area contributed by atoms with Crippen LogP contribution in [0.1, 0.15) is 393 Å². The molecule has 1 unspecified atom stereocenters. The van der Waals surface area contributed by atoms with Gasteiger partial charge in [0, 0.05) is 19.3 Å². The van der Waals surface area contributed by atoms with Gasteiger partial charge in [0.25, 0.3) is 0 Å². The molecule has 444 valence electrons. The van der Waals surface area contributed by atoms with Crippen LogP contribution in [0, 0.1) is 0 Å². The van der Waals surface area contributed by atoms with Crippen LogP contribution in [0.5, 0.6) is 0 Å².